The van der Waals surface area contributed by atoms with E-state index in [1.807, 2.05) is 118 Å². The highest BCUT2D eigenvalue weighted by molar-refractivity contribution is 6.77. The van der Waals surface area contributed by atoms with E-state index in [2.05, 4.69) is 0 Å². The number of hydrogen-bond donors (Lipinski definition) is 0. The second-order valence-electron chi connectivity index (χ2n) is 10.3. The summed E-state index contributed by atoms with van der Waals surface area (Å²) in [6, 6.07) is 27.3. The van der Waals surface area contributed by atoms with Crippen LogP contribution in [0.1, 0.15) is 72.6 Å². The molecule has 3 aromatic carbocycles. The van der Waals surface area contributed by atoms with Crippen LogP contribution in [0, 0.1) is 0 Å². The molecule has 0 aliphatic heterocycles. The molecule has 0 atom stereocenters. The number of nitrogens with zero attached hydrogens (tertiary/aromatic N) is 6. The van der Waals surface area contributed by atoms with Crippen LogP contribution in [0.15, 0.2) is 91.0 Å². The number of hydrazine groups is 3. The van der Waals surface area contributed by atoms with Gasteiger partial charge in [-0.15, -0.1) is 0 Å². The Morgan fingerprint density at radius 3 is 0.818 bits per heavy atom. The number of carbonyl (C=O) groups excluding carboxylic acids is 3. The van der Waals surface area contributed by atoms with Crippen LogP contribution in [-0.4, -0.2) is 94.6 Å². The SMILES string of the molecule is CCN(CC)N(C(=O)c1ccccc1)[Si](C)(N(C(=O)c1ccccc1)N(CC)CC)N(C(=O)c1ccccc1)N(CC)CC. The van der Waals surface area contributed by atoms with Gasteiger partial charge in [0.2, 0.25) is 0 Å². The van der Waals surface area contributed by atoms with Crippen molar-refractivity contribution in [2.75, 3.05) is 39.3 Å². The predicted molar refractivity (Wildman–Crippen MR) is 178 cm³/mol. The average Bonchev–Trinajstić information content (AvgIpc) is 3.08. The van der Waals surface area contributed by atoms with E-state index < -0.39 is 8.56 Å². The molecular formula is C34H48N6O3Si. The van der Waals surface area contributed by atoms with Gasteiger partial charge in [0.1, 0.15) is 0 Å². The van der Waals surface area contributed by atoms with Gasteiger partial charge in [-0.3, -0.25) is 28.4 Å². The van der Waals surface area contributed by atoms with Crippen LogP contribution in [0.3, 0.4) is 0 Å². The number of amides is 3. The standard InChI is InChI=1S/C34H48N6O3Si/c1-8-35(9-2)38(32(41)29-23-17-14-18-24-29)44(7,39(36(10-3)11-4)33(42)30-25-19-15-20-26-30)40(37(12-5)13-6)34(43)31-27-21-16-22-28-31/h14-28H,8-13H2,1-7H3. The lowest BCUT2D eigenvalue weighted by atomic mass is 10.2. The molecule has 0 bridgehead atoms. The lowest BCUT2D eigenvalue weighted by Crippen LogP contribution is -2.84. The van der Waals surface area contributed by atoms with Gasteiger partial charge in [-0.2, -0.15) is 0 Å². The van der Waals surface area contributed by atoms with Crippen molar-refractivity contribution in [3.8, 4) is 0 Å². The summed E-state index contributed by atoms with van der Waals surface area (Å²) in [5.41, 5.74) is 1.45. The number of benzene rings is 3. The minimum Gasteiger partial charge on any atom is -0.268 e. The van der Waals surface area contributed by atoms with Crippen LogP contribution < -0.4 is 0 Å². The van der Waals surface area contributed by atoms with Crippen LogP contribution in [0.25, 0.3) is 0 Å². The topological polar surface area (TPSA) is 70.6 Å². The van der Waals surface area contributed by atoms with Crippen molar-refractivity contribution >= 4 is 26.3 Å². The zero-order chi connectivity index (χ0) is 32.3. The molecule has 0 aliphatic carbocycles. The van der Waals surface area contributed by atoms with E-state index in [0.717, 1.165) is 0 Å². The molecule has 0 spiro atoms. The molecule has 3 amide bonds. The molecule has 0 fully saturated rings. The van der Waals surface area contributed by atoms with E-state index in [1.54, 1.807) is 50.4 Å². The fourth-order valence-electron chi connectivity index (χ4n) is 5.66. The second kappa shape index (κ2) is 16.3. The molecule has 10 heteroatoms. The molecule has 0 saturated carbocycles. The van der Waals surface area contributed by atoms with Crippen LogP contribution in [0.4, 0.5) is 0 Å². The van der Waals surface area contributed by atoms with Gasteiger partial charge in [0.05, 0.1) is 0 Å². The molecule has 9 nitrogen and oxygen atoms in total. The van der Waals surface area contributed by atoms with E-state index in [-0.39, 0.29) is 17.7 Å². The number of rotatable bonds is 15. The molecule has 0 aliphatic rings. The summed E-state index contributed by atoms with van der Waals surface area (Å²) >= 11 is 0. The van der Waals surface area contributed by atoms with Crippen molar-refractivity contribution in [1.29, 1.82) is 0 Å². The average molecular weight is 617 g/mol. The molecule has 44 heavy (non-hydrogen) atoms. The monoisotopic (exact) mass is 616 g/mol. The summed E-state index contributed by atoms with van der Waals surface area (Å²) in [6.07, 6.45) is 0. The normalized spacial score (nSPS) is 11.6. The number of hydrogen-bond acceptors (Lipinski definition) is 6. The molecule has 0 N–H and O–H groups in total. The quantitative estimate of drug-likeness (QED) is 0.160. The number of carbonyl (C=O) groups is 3. The van der Waals surface area contributed by atoms with E-state index >= 15 is 0 Å². The van der Waals surface area contributed by atoms with Gasteiger partial charge in [-0.1, -0.05) is 96.1 Å². The van der Waals surface area contributed by atoms with Gasteiger partial charge in [0.15, 0.2) is 0 Å². The Labute approximate surface area is 264 Å². The van der Waals surface area contributed by atoms with Crippen molar-refractivity contribution in [3.05, 3.63) is 108 Å². The van der Waals surface area contributed by atoms with Crippen LogP contribution >= 0.6 is 0 Å². The first-order valence-electron chi connectivity index (χ1n) is 15.7. The van der Waals surface area contributed by atoms with Gasteiger partial charge in [0, 0.05) is 56.0 Å². The highest BCUT2D eigenvalue weighted by atomic mass is 28.4. The molecular weight excluding hydrogens is 568 g/mol. The first kappa shape index (κ1) is 34.7. The molecule has 0 heterocycles. The van der Waals surface area contributed by atoms with Gasteiger partial charge in [-0.25, -0.2) is 15.0 Å². The summed E-state index contributed by atoms with van der Waals surface area (Å²) in [5.74, 6) is -0.793. The van der Waals surface area contributed by atoms with Gasteiger partial charge in [0.25, 0.3) is 17.7 Å². The third-order valence-electron chi connectivity index (χ3n) is 7.88. The minimum absolute atomic E-state index is 0.264. The van der Waals surface area contributed by atoms with Crippen LogP contribution in [-0.2, 0) is 0 Å². The first-order valence-corrected chi connectivity index (χ1v) is 18.0. The Balaban J connectivity index is 2.52. The Bertz CT molecular complexity index is 1170. The molecule has 3 rings (SSSR count). The third-order valence-corrected chi connectivity index (χ3v) is 11.7. The van der Waals surface area contributed by atoms with Crippen LogP contribution in [0.5, 0.6) is 0 Å². The highest BCUT2D eigenvalue weighted by Gasteiger charge is 2.60. The molecule has 236 valence electrons. The summed E-state index contributed by atoms with van der Waals surface area (Å²) in [5, 5.41) is 5.89. The maximum Gasteiger partial charge on any atom is 0.429 e. The fraction of sp³-hybridized carbons (Fsp3) is 0.382. The van der Waals surface area contributed by atoms with E-state index in [9.17, 15) is 14.4 Å². The fourth-order valence-corrected chi connectivity index (χ4v) is 10.2. The Hall–Kier alpha value is -3.83. The second-order valence-corrected chi connectivity index (χ2v) is 13.5. The lowest BCUT2D eigenvalue weighted by molar-refractivity contribution is -0.0339. The smallest absolute Gasteiger partial charge is 0.268 e. The van der Waals surface area contributed by atoms with Crippen molar-refractivity contribution in [2.24, 2.45) is 0 Å². The van der Waals surface area contributed by atoms with Crippen molar-refractivity contribution in [3.63, 3.8) is 0 Å². The molecule has 0 radical (unpaired) electrons. The van der Waals surface area contributed by atoms with Crippen molar-refractivity contribution < 1.29 is 14.4 Å². The maximum absolute atomic E-state index is 14.9. The van der Waals surface area contributed by atoms with E-state index in [0.29, 0.717) is 56.0 Å². The zero-order valence-electron chi connectivity index (χ0n) is 27.3. The summed E-state index contributed by atoms with van der Waals surface area (Å²) in [7, 11) is -3.96. The largest absolute Gasteiger partial charge is 0.429 e. The van der Waals surface area contributed by atoms with Crippen molar-refractivity contribution in [1.82, 2.24) is 29.1 Å². The summed E-state index contributed by atoms with van der Waals surface area (Å²) in [4.78, 5) is 44.6. The zero-order valence-corrected chi connectivity index (χ0v) is 28.3. The first-order chi connectivity index (χ1) is 21.2. The van der Waals surface area contributed by atoms with Crippen LogP contribution in [0.2, 0.25) is 6.55 Å². The molecule has 0 aromatic heterocycles. The predicted octanol–water partition coefficient (Wildman–Crippen LogP) is 5.75. The van der Waals surface area contributed by atoms with Gasteiger partial charge < -0.3 is 0 Å². The molecule has 0 unspecified atom stereocenters. The van der Waals surface area contributed by atoms with Gasteiger partial charge >= 0.3 is 8.56 Å². The van der Waals surface area contributed by atoms with Crippen molar-refractivity contribution in [2.45, 2.75) is 48.1 Å². The molecule has 0 saturated heterocycles. The minimum atomic E-state index is -3.96. The molecule has 3 aromatic rings. The summed E-state index contributed by atoms with van der Waals surface area (Å²) < 4.78 is 5.25. The van der Waals surface area contributed by atoms with E-state index in [1.165, 1.54) is 0 Å². The summed E-state index contributed by atoms with van der Waals surface area (Å²) in [6.45, 7) is 16.9. The lowest BCUT2D eigenvalue weighted by Gasteiger charge is -2.57. The maximum atomic E-state index is 14.9. The Morgan fingerprint density at radius 2 is 0.636 bits per heavy atom. The van der Waals surface area contributed by atoms with E-state index in [4.69, 9.17) is 0 Å². The Kier molecular flexibility index (Phi) is 12.8. The highest BCUT2D eigenvalue weighted by Crippen LogP contribution is 2.31. The third kappa shape index (κ3) is 7.10. The Morgan fingerprint density at radius 1 is 0.432 bits per heavy atom. The van der Waals surface area contributed by atoms with Gasteiger partial charge in [-0.05, 0) is 42.9 Å².